The van der Waals surface area contributed by atoms with Crippen LogP contribution in [0.3, 0.4) is 0 Å². The van der Waals surface area contributed by atoms with Crippen LogP contribution in [0.25, 0.3) is 38.7 Å². The topological polar surface area (TPSA) is 80.5 Å². The van der Waals surface area contributed by atoms with E-state index in [0.29, 0.717) is 38.5 Å². The summed E-state index contributed by atoms with van der Waals surface area (Å²) in [5.74, 6) is -0.873. The summed E-state index contributed by atoms with van der Waals surface area (Å²) in [6.45, 7) is 3.50. The summed E-state index contributed by atoms with van der Waals surface area (Å²) in [5.41, 5.74) is 6.01. The first-order valence-corrected chi connectivity index (χ1v) is 11.8. The molecule has 7 nitrogen and oxygen atoms in total. The van der Waals surface area contributed by atoms with Crippen molar-refractivity contribution >= 4 is 67.8 Å². The molecule has 6 rings (SSSR count). The van der Waals surface area contributed by atoms with Crippen molar-refractivity contribution in [1.29, 1.82) is 0 Å². The highest BCUT2D eigenvalue weighted by molar-refractivity contribution is 6.31. The van der Waals surface area contributed by atoms with Crippen molar-refractivity contribution in [3.05, 3.63) is 89.0 Å². The van der Waals surface area contributed by atoms with Crippen molar-refractivity contribution < 1.29 is 9.59 Å². The lowest BCUT2D eigenvalue weighted by molar-refractivity contribution is -0.141. The van der Waals surface area contributed by atoms with Gasteiger partial charge in [-0.2, -0.15) is 10.1 Å². The first kappa shape index (κ1) is 22.1. The molecule has 2 aromatic heterocycles. The average Bonchev–Trinajstić information content (AvgIpc) is 3.36. The van der Waals surface area contributed by atoms with Gasteiger partial charge in [0.1, 0.15) is 12.1 Å². The Bertz CT molecular complexity index is 1790. The van der Waals surface area contributed by atoms with Crippen LogP contribution in [0.2, 0.25) is 5.02 Å². The lowest BCUT2D eigenvalue weighted by Gasteiger charge is -2.13. The van der Waals surface area contributed by atoms with Crippen LogP contribution < -0.4 is 0 Å². The highest BCUT2D eigenvalue weighted by Gasteiger charge is 2.34. The van der Waals surface area contributed by atoms with Gasteiger partial charge in [0.25, 0.3) is 11.8 Å². The van der Waals surface area contributed by atoms with Crippen LogP contribution in [0.15, 0.2) is 83.5 Å². The standard InChI is InChI=1S/C28H20ClN5O2/c1-16(18-8-4-3-5-9-18)25-17(2)32-34(28(25)36)24(35)15-33-23-11-7-6-10-20(23)26-27(33)31-21-13-12-19(29)14-22(21)30-26/h3-14H,15H2,1-2H3. The van der Waals surface area contributed by atoms with Crippen LogP contribution in [-0.2, 0) is 16.1 Å². The molecule has 3 heterocycles. The van der Waals surface area contributed by atoms with Gasteiger partial charge in [-0.3, -0.25) is 9.59 Å². The van der Waals surface area contributed by atoms with E-state index in [4.69, 9.17) is 21.6 Å². The molecule has 3 aromatic carbocycles. The SMILES string of the molecule is CC1=NN(C(=O)Cn2c3ccccc3c3nc4cc(Cl)ccc4nc32)C(=O)C1=C(C)c1ccccc1. The summed E-state index contributed by atoms with van der Waals surface area (Å²) in [6, 6.07) is 22.6. The molecule has 0 aliphatic carbocycles. The van der Waals surface area contributed by atoms with Gasteiger partial charge < -0.3 is 4.57 Å². The molecule has 0 radical (unpaired) electrons. The normalized spacial score (nSPS) is 15.2. The van der Waals surface area contributed by atoms with Gasteiger partial charge in [0.15, 0.2) is 5.65 Å². The molecule has 0 fully saturated rings. The van der Waals surface area contributed by atoms with Crippen molar-refractivity contribution in [1.82, 2.24) is 19.5 Å². The quantitative estimate of drug-likeness (QED) is 0.306. The second kappa shape index (κ2) is 8.39. The molecule has 2 amide bonds. The number of nitrogens with zero attached hydrogens (tertiary/aromatic N) is 5. The highest BCUT2D eigenvalue weighted by atomic mass is 35.5. The van der Waals surface area contributed by atoms with Crippen molar-refractivity contribution in [3.8, 4) is 0 Å². The number of hydrogen-bond acceptors (Lipinski definition) is 5. The van der Waals surface area contributed by atoms with E-state index in [9.17, 15) is 9.59 Å². The van der Waals surface area contributed by atoms with E-state index < -0.39 is 11.8 Å². The fraction of sp³-hybridized carbons (Fsp3) is 0.107. The first-order valence-electron chi connectivity index (χ1n) is 11.5. The molecular formula is C28H20ClN5O2. The number of rotatable bonds is 3. The zero-order chi connectivity index (χ0) is 25.0. The number of carbonyl (C=O) groups excluding carboxylic acids is 2. The van der Waals surface area contributed by atoms with Crippen LogP contribution in [-0.4, -0.2) is 37.1 Å². The van der Waals surface area contributed by atoms with Crippen LogP contribution in [0.5, 0.6) is 0 Å². The molecule has 5 aromatic rings. The molecule has 0 atom stereocenters. The monoisotopic (exact) mass is 493 g/mol. The summed E-state index contributed by atoms with van der Waals surface area (Å²) in [7, 11) is 0. The molecular weight excluding hydrogens is 474 g/mol. The minimum absolute atomic E-state index is 0.113. The molecule has 8 heteroatoms. The smallest absolute Gasteiger partial charge is 0.283 e. The Hall–Kier alpha value is -4.36. The Morgan fingerprint density at radius 2 is 1.69 bits per heavy atom. The Labute approximate surface area is 211 Å². The molecule has 0 N–H and O–H groups in total. The number of carbonyl (C=O) groups is 2. The predicted octanol–water partition coefficient (Wildman–Crippen LogP) is 5.61. The zero-order valence-corrected chi connectivity index (χ0v) is 20.3. The average molecular weight is 494 g/mol. The summed E-state index contributed by atoms with van der Waals surface area (Å²) in [4.78, 5) is 36.4. The number of imide groups is 1. The Morgan fingerprint density at radius 1 is 0.944 bits per heavy atom. The first-order chi connectivity index (χ1) is 17.4. The number of halogens is 1. The van der Waals surface area contributed by atoms with E-state index in [-0.39, 0.29) is 6.54 Å². The highest BCUT2D eigenvalue weighted by Crippen LogP contribution is 2.30. The van der Waals surface area contributed by atoms with E-state index in [1.807, 2.05) is 61.5 Å². The molecule has 0 unspecified atom stereocenters. The number of benzene rings is 3. The van der Waals surface area contributed by atoms with Gasteiger partial charge in [-0.05, 0) is 49.2 Å². The molecule has 1 aliphatic rings. The van der Waals surface area contributed by atoms with Gasteiger partial charge >= 0.3 is 0 Å². The van der Waals surface area contributed by atoms with Gasteiger partial charge in [-0.1, -0.05) is 60.1 Å². The van der Waals surface area contributed by atoms with E-state index in [1.54, 1.807) is 29.7 Å². The predicted molar refractivity (Wildman–Crippen MR) is 142 cm³/mol. The summed E-state index contributed by atoms with van der Waals surface area (Å²) in [5, 5.41) is 6.73. The van der Waals surface area contributed by atoms with Crippen LogP contribution >= 0.6 is 11.6 Å². The van der Waals surface area contributed by atoms with E-state index in [2.05, 4.69) is 5.10 Å². The number of allylic oxidation sites excluding steroid dienone is 1. The number of aromatic nitrogens is 3. The second-order valence-electron chi connectivity index (χ2n) is 8.69. The van der Waals surface area contributed by atoms with Gasteiger partial charge in [0, 0.05) is 10.4 Å². The van der Waals surface area contributed by atoms with Gasteiger partial charge in [-0.15, -0.1) is 0 Å². The number of hydrogen-bond donors (Lipinski definition) is 0. The van der Waals surface area contributed by atoms with Crippen molar-refractivity contribution in [2.45, 2.75) is 20.4 Å². The Morgan fingerprint density at radius 3 is 2.50 bits per heavy atom. The summed E-state index contributed by atoms with van der Waals surface area (Å²) < 4.78 is 1.79. The lowest BCUT2D eigenvalue weighted by atomic mass is 9.99. The van der Waals surface area contributed by atoms with Crippen LogP contribution in [0, 0.1) is 0 Å². The van der Waals surface area contributed by atoms with E-state index >= 15 is 0 Å². The maximum atomic E-state index is 13.5. The molecule has 176 valence electrons. The minimum Gasteiger partial charge on any atom is -0.314 e. The minimum atomic E-state index is -0.448. The molecule has 0 saturated carbocycles. The molecule has 1 aliphatic heterocycles. The van der Waals surface area contributed by atoms with Crippen molar-refractivity contribution in [3.63, 3.8) is 0 Å². The maximum absolute atomic E-state index is 13.5. The Balaban J connectivity index is 1.42. The molecule has 36 heavy (non-hydrogen) atoms. The fourth-order valence-electron chi connectivity index (χ4n) is 4.71. The van der Waals surface area contributed by atoms with Gasteiger partial charge in [-0.25, -0.2) is 9.97 Å². The largest absolute Gasteiger partial charge is 0.314 e. The second-order valence-corrected chi connectivity index (χ2v) is 9.13. The third kappa shape index (κ3) is 3.48. The Kier molecular flexibility index (Phi) is 5.16. The zero-order valence-electron chi connectivity index (χ0n) is 19.6. The van der Waals surface area contributed by atoms with E-state index in [0.717, 1.165) is 27.0 Å². The maximum Gasteiger partial charge on any atom is 0.283 e. The van der Waals surface area contributed by atoms with E-state index in [1.165, 1.54) is 0 Å². The number of para-hydroxylation sites is 1. The lowest BCUT2D eigenvalue weighted by Crippen LogP contribution is -2.32. The number of hydrazone groups is 1. The van der Waals surface area contributed by atoms with Crippen molar-refractivity contribution in [2.75, 3.05) is 0 Å². The van der Waals surface area contributed by atoms with Crippen molar-refractivity contribution in [2.24, 2.45) is 5.10 Å². The summed E-state index contributed by atoms with van der Waals surface area (Å²) in [6.07, 6.45) is 0. The third-order valence-corrected chi connectivity index (χ3v) is 6.68. The van der Waals surface area contributed by atoms with Crippen LogP contribution in [0.4, 0.5) is 0 Å². The number of amides is 2. The number of fused-ring (bicyclic) bond motifs is 4. The molecule has 0 bridgehead atoms. The molecule has 0 spiro atoms. The summed E-state index contributed by atoms with van der Waals surface area (Å²) >= 11 is 6.16. The van der Waals surface area contributed by atoms with Gasteiger partial charge in [0.2, 0.25) is 0 Å². The molecule has 0 saturated heterocycles. The third-order valence-electron chi connectivity index (χ3n) is 6.44. The van der Waals surface area contributed by atoms with Gasteiger partial charge in [0.05, 0.1) is 27.8 Å². The van der Waals surface area contributed by atoms with Crippen LogP contribution in [0.1, 0.15) is 19.4 Å². The fourth-order valence-corrected chi connectivity index (χ4v) is 4.88.